The van der Waals surface area contributed by atoms with Gasteiger partial charge in [0.25, 0.3) is 18.3 Å². The molecule has 12 nitrogen and oxygen atoms in total. The molecule has 2 amide bonds. The topological polar surface area (TPSA) is 159 Å². The number of tetrazole rings is 1. The number of thioether (sulfide) groups is 2. The number of aryl methyl sites for hydroxylation is 1. The van der Waals surface area contributed by atoms with Gasteiger partial charge in [-0.25, -0.2) is 4.68 Å². The van der Waals surface area contributed by atoms with E-state index in [1.54, 1.807) is 37.4 Å². The number of carboxylic acids is 1. The monoisotopic (exact) mass is 512 g/mol. The van der Waals surface area contributed by atoms with Gasteiger partial charge >= 0.3 is 29.6 Å². The predicted octanol–water partition coefficient (Wildman–Crippen LogP) is -4.38. The summed E-state index contributed by atoms with van der Waals surface area (Å²) in [6.45, 7) is 0.162. The van der Waals surface area contributed by atoms with Gasteiger partial charge in [0.1, 0.15) is 11.4 Å². The first-order valence-electron chi connectivity index (χ1n) is 9.60. The third-order valence-electron chi connectivity index (χ3n) is 5.03. The molecule has 172 valence electrons. The summed E-state index contributed by atoms with van der Waals surface area (Å²) in [6.07, 6.45) is -1.23. The van der Waals surface area contributed by atoms with Crippen LogP contribution < -0.4 is 40.0 Å². The predicted molar refractivity (Wildman–Crippen MR) is 113 cm³/mol. The quantitative estimate of drug-likeness (QED) is 0.150. The number of benzene rings is 1. The molecule has 1 N–H and O–H groups in total. The number of nitrogens with zero attached hydrogens (tertiary/aromatic N) is 5. The van der Waals surface area contributed by atoms with Gasteiger partial charge in [-0.1, -0.05) is 42.1 Å². The van der Waals surface area contributed by atoms with Crippen molar-refractivity contribution in [3.05, 3.63) is 47.2 Å². The van der Waals surface area contributed by atoms with Gasteiger partial charge in [-0.05, 0) is 16.0 Å². The Morgan fingerprint density at radius 2 is 2.12 bits per heavy atom. The number of rotatable bonds is 9. The summed E-state index contributed by atoms with van der Waals surface area (Å²) in [5, 5.41) is 25.4. The van der Waals surface area contributed by atoms with Gasteiger partial charge in [0, 0.05) is 24.1 Å². The Kier molecular flexibility index (Phi) is 8.76. The van der Waals surface area contributed by atoms with Crippen molar-refractivity contribution >= 4 is 47.8 Å². The number of carbonyl (C=O) groups is 4. The van der Waals surface area contributed by atoms with Crippen molar-refractivity contribution in [2.75, 3.05) is 11.5 Å². The van der Waals surface area contributed by atoms with Crippen molar-refractivity contribution in [1.82, 2.24) is 30.4 Å². The van der Waals surface area contributed by atoms with Crippen LogP contribution in [0.2, 0.25) is 0 Å². The summed E-state index contributed by atoms with van der Waals surface area (Å²) >= 11 is 2.55. The van der Waals surface area contributed by atoms with Crippen molar-refractivity contribution in [3.8, 4) is 0 Å². The molecule has 3 atom stereocenters. The Labute approximate surface area is 224 Å². The molecule has 0 spiro atoms. The molecular formula is C19H17N6NaO6S2. The number of nitrogens with one attached hydrogen (secondary N) is 1. The number of hydrogen-bond acceptors (Lipinski definition) is 11. The first-order chi connectivity index (χ1) is 15.9. The van der Waals surface area contributed by atoms with Gasteiger partial charge < -0.3 is 20.0 Å². The third-order valence-corrected chi connectivity index (χ3v) is 7.46. The van der Waals surface area contributed by atoms with Crippen LogP contribution in [0.1, 0.15) is 11.7 Å². The Morgan fingerprint density at radius 3 is 2.74 bits per heavy atom. The van der Waals surface area contributed by atoms with Crippen LogP contribution in [0.5, 0.6) is 0 Å². The van der Waals surface area contributed by atoms with Crippen molar-refractivity contribution in [1.29, 1.82) is 0 Å². The van der Waals surface area contributed by atoms with Gasteiger partial charge in [-0.3, -0.25) is 19.3 Å². The van der Waals surface area contributed by atoms with Crippen molar-refractivity contribution in [2.24, 2.45) is 7.05 Å². The average molecular weight is 513 g/mol. The molecule has 0 radical (unpaired) electrons. The van der Waals surface area contributed by atoms with E-state index in [2.05, 4.69) is 20.8 Å². The summed E-state index contributed by atoms with van der Waals surface area (Å²) in [5.41, 5.74) is 0.726. The van der Waals surface area contributed by atoms with Gasteiger partial charge in [-0.2, -0.15) is 0 Å². The standard InChI is InChI=1S/C19H18N6O6S2.Na/c1-24-19(21-22-23-24)33-8-11-7-32-17-12(16(28)25(17)13(11)18(29)30)20-15(27)14(31-9-26)10-5-3-2-4-6-10;/h2-6,9,12,14,17H,7-8H2,1H3,(H,20,27)(H,29,30);/q;+1/p-1/t12-,14-,17+;/m1./s1. The molecule has 0 bridgehead atoms. The molecule has 2 aromatic rings. The molecule has 34 heavy (non-hydrogen) atoms. The fraction of sp³-hybridized carbons (Fsp3) is 0.316. The first-order valence-corrected chi connectivity index (χ1v) is 11.6. The number of ether oxygens (including phenoxy) is 1. The molecule has 2 aliphatic rings. The number of amides is 2. The van der Waals surface area contributed by atoms with Crippen LogP contribution in [0, 0.1) is 0 Å². The molecule has 3 heterocycles. The molecule has 1 fully saturated rings. The third kappa shape index (κ3) is 5.15. The fourth-order valence-electron chi connectivity index (χ4n) is 3.48. The molecule has 1 aromatic carbocycles. The van der Waals surface area contributed by atoms with Crippen molar-refractivity contribution in [2.45, 2.75) is 22.7 Å². The zero-order valence-corrected chi connectivity index (χ0v) is 21.7. The Bertz CT molecular complexity index is 1130. The smallest absolute Gasteiger partial charge is 0.543 e. The molecule has 0 saturated carbocycles. The van der Waals surface area contributed by atoms with Crippen LogP contribution in [0.25, 0.3) is 0 Å². The van der Waals surface area contributed by atoms with E-state index in [1.165, 1.54) is 28.2 Å². The number of hydrogen-bond donors (Lipinski definition) is 1. The number of aromatic nitrogens is 4. The van der Waals surface area contributed by atoms with E-state index in [9.17, 15) is 24.3 Å². The molecule has 1 saturated heterocycles. The maximum absolute atomic E-state index is 12.8. The minimum atomic E-state index is -1.48. The second-order valence-corrected chi connectivity index (χ2v) is 9.08. The van der Waals surface area contributed by atoms with E-state index < -0.39 is 35.3 Å². The second-order valence-electron chi connectivity index (χ2n) is 7.03. The zero-order valence-electron chi connectivity index (χ0n) is 18.1. The molecule has 0 aliphatic carbocycles. The maximum Gasteiger partial charge on any atom is 1.00 e. The average Bonchev–Trinajstić information content (AvgIpc) is 3.23. The number of carboxylic acid groups (broad SMARTS) is 1. The molecule has 4 rings (SSSR count). The summed E-state index contributed by atoms with van der Waals surface area (Å²) < 4.78 is 6.38. The summed E-state index contributed by atoms with van der Waals surface area (Å²) in [4.78, 5) is 49.5. The van der Waals surface area contributed by atoms with Crippen molar-refractivity contribution in [3.63, 3.8) is 0 Å². The van der Waals surface area contributed by atoms with Gasteiger partial charge in [0.05, 0.1) is 11.7 Å². The zero-order chi connectivity index (χ0) is 23.5. The fourth-order valence-corrected chi connectivity index (χ4v) is 5.82. The van der Waals surface area contributed by atoms with Crippen molar-refractivity contribution < 1.29 is 58.6 Å². The SMILES string of the molecule is Cn1nnnc1SCC1=C(C(=O)[O-])N2C(=O)[C@@H](NC(=O)[C@H](OC=O)c3ccccc3)[C@@H]2SC1.[Na+]. The minimum Gasteiger partial charge on any atom is -0.543 e. The molecule has 0 unspecified atom stereocenters. The number of fused-ring (bicyclic) bond motifs is 1. The van der Waals surface area contributed by atoms with E-state index >= 15 is 0 Å². The van der Waals surface area contributed by atoms with E-state index in [0.29, 0.717) is 22.0 Å². The first kappa shape index (κ1) is 26.2. The summed E-state index contributed by atoms with van der Waals surface area (Å²) in [5.74, 6) is -2.17. The van der Waals surface area contributed by atoms with Crippen LogP contribution in [0.15, 0.2) is 46.8 Å². The van der Waals surface area contributed by atoms with E-state index in [-0.39, 0.29) is 47.5 Å². The Balaban J connectivity index is 0.00000324. The van der Waals surface area contributed by atoms with Crippen LogP contribution in [-0.2, 0) is 31.0 Å². The van der Waals surface area contributed by atoms with Crippen LogP contribution in [-0.4, -0.2) is 72.3 Å². The van der Waals surface area contributed by atoms with Crippen LogP contribution >= 0.6 is 23.5 Å². The van der Waals surface area contributed by atoms with Gasteiger partial charge in [0.15, 0.2) is 0 Å². The van der Waals surface area contributed by atoms with Crippen LogP contribution in [0.4, 0.5) is 0 Å². The largest absolute Gasteiger partial charge is 1.00 e. The number of β-lactam (4-membered cyclic amide) rings is 1. The summed E-state index contributed by atoms with van der Waals surface area (Å²) in [7, 11) is 1.66. The van der Waals surface area contributed by atoms with E-state index in [4.69, 9.17) is 4.74 Å². The summed E-state index contributed by atoms with van der Waals surface area (Å²) in [6, 6.07) is 7.39. The minimum absolute atomic E-state index is 0. The molecule has 15 heteroatoms. The molecular weight excluding hydrogens is 495 g/mol. The molecule has 2 aliphatic heterocycles. The van der Waals surface area contributed by atoms with Gasteiger partial charge in [0.2, 0.25) is 11.3 Å². The van der Waals surface area contributed by atoms with E-state index in [1.807, 2.05) is 0 Å². The van der Waals surface area contributed by atoms with E-state index in [0.717, 1.165) is 4.90 Å². The normalized spacial score (nSPS) is 19.9. The van der Waals surface area contributed by atoms with Crippen LogP contribution in [0.3, 0.4) is 0 Å². The molecule has 1 aromatic heterocycles. The number of carbonyl (C=O) groups excluding carboxylic acids is 4. The maximum atomic E-state index is 12.8. The van der Waals surface area contributed by atoms with Gasteiger partial charge in [-0.15, -0.1) is 16.9 Å². The number of aliphatic carboxylic acids is 1. The second kappa shape index (κ2) is 11.4. The Hall–Kier alpha value is -2.39. The Morgan fingerprint density at radius 1 is 1.38 bits per heavy atom.